The molecule has 2 aliphatic rings. The molecular weight excluding hydrogens is 342 g/mol. The van der Waals surface area contributed by atoms with E-state index in [4.69, 9.17) is 4.74 Å². The number of amides is 1. The number of methoxy groups -OCH3 is 1. The first kappa shape index (κ1) is 18.0. The molecule has 1 atom stereocenters. The van der Waals surface area contributed by atoms with Gasteiger partial charge in [-0.2, -0.15) is 0 Å². The Balaban J connectivity index is 1.55. The van der Waals surface area contributed by atoms with Gasteiger partial charge >= 0.3 is 0 Å². The van der Waals surface area contributed by atoms with Gasteiger partial charge in [0.25, 0.3) is 0 Å². The number of hydrogen-bond acceptors (Lipinski definition) is 5. The van der Waals surface area contributed by atoms with Crippen molar-refractivity contribution in [3.8, 4) is 5.88 Å². The molecule has 2 aromatic heterocycles. The van der Waals surface area contributed by atoms with E-state index in [0.717, 1.165) is 36.3 Å². The molecule has 1 saturated carbocycles. The van der Waals surface area contributed by atoms with Gasteiger partial charge in [0.05, 0.1) is 30.7 Å². The first-order chi connectivity index (χ1) is 13.2. The van der Waals surface area contributed by atoms with Crippen LogP contribution in [0.15, 0.2) is 24.7 Å². The van der Waals surface area contributed by atoms with Gasteiger partial charge in [-0.05, 0) is 18.9 Å². The number of pyridine rings is 1. The number of imidazole rings is 1. The number of aryl methyl sites for hydroxylation is 1. The SMILES string of the molecule is COc1ncccc1CN1Cc2ncn(C)c2[C@@H](C(=O)NC2CCCC2)C1. The number of ether oxygens (including phenoxy) is 1. The van der Waals surface area contributed by atoms with E-state index >= 15 is 0 Å². The summed E-state index contributed by atoms with van der Waals surface area (Å²) >= 11 is 0. The Morgan fingerprint density at radius 1 is 1.33 bits per heavy atom. The summed E-state index contributed by atoms with van der Waals surface area (Å²) in [5.41, 5.74) is 3.05. The van der Waals surface area contributed by atoms with Crippen molar-refractivity contribution in [1.29, 1.82) is 0 Å². The highest BCUT2D eigenvalue weighted by Gasteiger charge is 2.35. The number of rotatable bonds is 5. The number of carbonyl (C=O) groups excluding carboxylic acids is 1. The molecule has 1 fully saturated rings. The number of hydrogen-bond donors (Lipinski definition) is 1. The third-order valence-electron chi connectivity index (χ3n) is 5.66. The van der Waals surface area contributed by atoms with Crippen molar-refractivity contribution >= 4 is 5.91 Å². The minimum absolute atomic E-state index is 0.120. The topological polar surface area (TPSA) is 72.3 Å². The Labute approximate surface area is 159 Å². The van der Waals surface area contributed by atoms with Crippen molar-refractivity contribution < 1.29 is 9.53 Å². The maximum atomic E-state index is 13.1. The zero-order valence-corrected chi connectivity index (χ0v) is 16.0. The van der Waals surface area contributed by atoms with Crippen LogP contribution >= 0.6 is 0 Å². The number of nitrogens with zero attached hydrogens (tertiary/aromatic N) is 4. The fraction of sp³-hybridized carbons (Fsp3) is 0.550. The van der Waals surface area contributed by atoms with E-state index in [1.807, 2.05) is 30.1 Å². The Kier molecular flexibility index (Phi) is 5.11. The van der Waals surface area contributed by atoms with Gasteiger partial charge in [-0.3, -0.25) is 9.69 Å². The molecule has 1 aliphatic heterocycles. The zero-order chi connectivity index (χ0) is 18.8. The van der Waals surface area contributed by atoms with E-state index in [2.05, 4.69) is 20.2 Å². The predicted molar refractivity (Wildman–Crippen MR) is 101 cm³/mol. The Hall–Kier alpha value is -2.41. The lowest BCUT2D eigenvalue weighted by atomic mass is 9.96. The minimum Gasteiger partial charge on any atom is -0.481 e. The van der Waals surface area contributed by atoms with Crippen molar-refractivity contribution in [2.45, 2.75) is 50.7 Å². The molecule has 0 aromatic carbocycles. The molecule has 2 aromatic rings. The van der Waals surface area contributed by atoms with Gasteiger partial charge in [-0.1, -0.05) is 18.9 Å². The summed E-state index contributed by atoms with van der Waals surface area (Å²) in [5, 5.41) is 3.27. The van der Waals surface area contributed by atoms with Crippen LogP contribution in [0.1, 0.15) is 48.6 Å². The van der Waals surface area contributed by atoms with Gasteiger partial charge < -0.3 is 14.6 Å². The Morgan fingerprint density at radius 3 is 2.93 bits per heavy atom. The van der Waals surface area contributed by atoms with Crippen molar-refractivity contribution in [3.05, 3.63) is 41.6 Å². The minimum atomic E-state index is -0.204. The monoisotopic (exact) mass is 369 g/mol. The molecule has 27 heavy (non-hydrogen) atoms. The predicted octanol–water partition coefficient (Wildman–Crippen LogP) is 1.98. The van der Waals surface area contributed by atoms with E-state index < -0.39 is 0 Å². The second-order valence-electron chi connectivity index (χ2n) is 7.57. The highest BCUT2D eigenvalue weighted by atomic mass is 16.5. The summed E-state index contributed by atoms with van der Waals surface area (Å²) in [5.74, 6) is 0.551. The number of carbonyl (C=O) groups is 1. The van der Waals surface area contributed by atoms with Gasteiger partial charge in [0, 0.05) is 44.5 Å². The van der Waals surface area contributed by atoms with Crippen LogP contribution in [-0.4, -0.2) is 45.0 Å². The van der Waals surface area contributed by atoms with E-state index in [-0.39, 0.29) is 11.8 Å². The van der Waals surface area contributed by atoms with Gasteiger partial charge in [-0.25, -0.2) is 9.97 Å². The van der Waals surface area contributed by atoms with Gasteiger partial charge in [0.15, 0.2) is 0 Å². The van der Waals surface area contributed by atoms with Crippen LogP contribution in [0.3, 0.4) is 0 Å². The quantitative estimate of drug-likeness (QED) is 0.873. The number of aromatic nitrogens is 3. The van der Waals surface area contributed by atoms with Crippen LogP contribution in [0, 0.1) is 0 Å². The summed E-state index contributed by atoms with van der Waals surface area (Å²) in [6.45, 7) is 2.07. The summed E-state index contributed by atoms with van der Waals surface area (Å²) in [7, 11) is 3.61. The first-order valence-electron chi connectivity index (χ1n) is 9.66. The normalized spacial score (nSPS) is 20.4. The van der Waals surface area contributed by atoms with Gasteiger partial charge in [0.2, 0.25) is 11.8 Å². The number of nitrogens with one attached hydrogen (secondary N) is 1. The average Bonchev–Trinajstić information content (AvgIpc) is 3.31. The third kappa shape index (κ3) is 3.69. The van der Waals surface area contributed by atoms with E-state index in [0.29, 0.717) is 25.0 Å². The summed E-state index contributed by atoms with van der Waals surface area (Å²) in [6.07, 6.45) is 8.14. The summed E-state index contributed by atoms with van der Waals surface area (Å²) in [4.78, 5) is 24.2. The first-order valence-corrected chi connectivity index (χ1v) is 9.66. The van der Waals surface area contributed by atoms with Gasteiger partial charge in [-0.15, -0.1) is 0 Å². The van der Waals surface area contributed by atoms with E-state index in [9.17, 15) is 4.79 Å². The Bertz CT molecular complexity index is 812. The second-order valence-corrected chi connectivity index (χ2v) is 7.57. The maximum Gasteiger partial charge on any atom is 0.230 e. The molecule has 1 aliphatic carbocycles. The van der Waals surface area contributed by atoms with Crippen LogP contribution in [0.25, 0.3) is 0 Å². The fourth-order valence-corrected chi connectivity index (χ4v) is 4.35. The van der Waals surface area contributed by atoms with Crippen LogP contribution in [0.2, 0.25) is 0 Å². The molecule has 0 radical (unpaired) electrons. The highest BCUT2D eigenvalue weighted by molar-refractivity contribution is 5.84. The fourth-order valence-electron chi connectivity index (χ4n) is 4.35. The van der Waals surface area contributed by atoms with Crippen molar-refractivity contribution in [2.75, 3.05) is 13.7 Å². The number of fused-ring (bicyclic) bond motifs is 1. The molecule has 0 bridgehead atoms. The van der Waals surface area contributed by atoms with Crippen LogP contribution in [0.5, 0.6) is 5.88 Å². The lowest BCUT2D eigenvalue weighted by Gasteiger charge is -2.33. The summed E-state index contributed by atoms with van der Waals surface area (Å²) in [6, 6.07) is 4.26. The molecule has 3 heterocycles. The van der Waals surface area contributed by atoms with E-state index in [1.165, 1.54) is 12.8 Å². The molecule has 144 valence electrons. The lowest BCUT2D eigenvalue weighted by molar-refractivity contribution is -0.124. The maximum absolute atomic E-state index is 13.1. The lowest BCUT2D eigenvalue weighted by Crippen LogP contribution is -2.44. The molecule has 1 amide bonds. The zero-order valence-electron chi connectivity index (χ0n) is 16.0. The van der Waals surface area contributed by atoms with Crippen LogP contribution in [-0.2, 0) is 24.9 Å². The largest absolute Gasteiger partial charge is 0.481 e. The van der Waals surface area contributed by atoms with Crippen molar-refractivity contribution in [1.82, 2.24) is 24.8 Å². The molecule has 4 rings (SSSR count). The molecule has 7 nitrogen and oxygen atoms in total. The second kappa shape index (κ2) is 7.68. The van der Waals surface area contributed by atoms with Crippen molar-refractivity contribution in [3.63, 3.8) is 0 Å². The highest BCUT2D eigenvalue weighted by Crippen LogP contribution is 2.30. The molecule has 7 heteroatoms. The molecule has 1 N–H and O–H groups in total. The van der Waals surface area contributed by atoms with Gasteiger partial charge in [0.1, 0.15) is 0 Å². The third-order valence-corrected chi connectivity index (χ3v) is 5.66. The summed E-state index contributed by atoms with van der Waals surface area (Å²) < 4.78 is 7.38. The smallest absolute Gasteiger partial charge is 0.230 e. The van der Waals surface area contributed by atoms with E-state index in [1.54, 1.807) is 13.3 Å². The molecule has 0 spiro atoms. The average molecular weight is 369 g/mol. The van der Waals surface area contributed by atoms with Crippen molar-refractivity contribution in [2.24, 2.45) is 7.05 Å². The van der Waals surface area contributed by atoms with Crippen LogP contribution < -0.4 is 10.1 Å². The van der Waals surface area contributed by atoms with Crippen LogP contribution in [0.4, 0.5) is 0 Å². The molecule has 0 unspecified atom stereocenters. The Morgan fingerprint density at radius 2 is 2.15 bits per heavy atom. The molecule has 0 saturated heterocycles. The standard InChI is InChI=1S/C20H27N5O2/c1-24-13-22-17-12-25(10-14-6-5-9-21-20(14)27-2)11-16(18(17)24)19(26)23-15-7-3-4-8-15/h5-6,9,13,15-16H,3-4,7-8,10-12H2,1-2H3,(H,23,26)/t16-/m0/s1. The molecular formula is C20H27N5O2.